The van der Waals surface area contributed by atoms with Crippen molar-refractivity contribution < 1.29 is 0 Å². The summed E-state index contributed by atoms with van der Waals surface area (Å²) in [5, 5.41) is 4.58. The molecule has 1 heterocycles. The number of para-hydroxylation sites is 1. The molecule has 1 N–H and O–H groups in total. The van der Waals surface area contributed by atoms with Gasteiger partial charge in [-0.05, 0) is 30.3 Å². The third-order valence-electron chi connectivity index (χ3n) is 2.84. The van der Waals surface area contributed by atoms with Crippen LogP contribution in [0.1, 0.15) is 5.01 Å². The van der Waals surface area contributed by atoms with Crippen molar-refractivity contribution in [1.82, 2.24) is 4.98 Å². The lowest BCUT2D eigenvalue weighted by Gasteiger charge is -2.03. The van der Waals surface area contributed by atoms with Gasteiger partial charge in [0.2, 0.25) is 0 Å². The number of aromatic nitrogens is 1. The second kappa shape index (κ2) is 5.72. The first-order valence-electron chi connectivity index (χ1n) is 6.15. The third-order valence-corrected chi connectivity index (χ3v) is 4.41. The Morgan fingerprint density at radius 3 is 2.79 bits per heavy atom. The van der Waals surface area contributed by atoms with Crippen molar-refractivity contribution in [3.05, 3.63) is 58.0 Å². The van der Waals surface area contributed by atoms with Crippen molar-refractivity contribution in [2.75, 3.05) is 11.9 Å². The number of hydrogen-bond donors (Lipinski definition) is 1. The Morgan fingerprint density at radius 2 is 1.95 bits per heavy atom. The van der Waals surface area contributed by atoms with E-state index < -0.39 is 0 Å². The van der Waals surface area contributed by atoms with Crippen LogP contribution in [0.15, 0.2) is 53.0 Å². The van der Waals surface area contributed by atoms with E-state index in [2.05, 4.69) is 50.5 Å². The van der Waals surface area contributed by atoms with E-state index in [-0.39, 0.29) is 0 Å². The second-order valence-electron chi connectivity index (χ2n) is 4.26. The van der Waals surface area contributed by atoms with E-state index in [0.717, 1.165) is 28.6 Å². The molecule has 2 aromatic carbocycles. The number of nitrogens with one attached hydrogen (secondary N) is 1. The van der Waals surface area contributed by atoms with Crippen LogP contribution in [-0.2, 0) is 6.42 Å². The van der Waals surface area contributed by atoms with Crippen molar-refractivity contribution in [1.29, 1.82) is 0 Å². The average molecular weight is 333 g/mol. The van der Waals surface area contributed by atoms with Crippen LogP contribution in [0.25, 0.3) is 10.2 Å². The first-order chi connectivity index (χ1) is 9.31. The Balaban J connectivity index is 1.65. The first-order valence-corrected chi connectivity index (χ1v) is 7.76. The molecule has 4 heteroatoms. The number of thiazole rings is 1. The molecule has 0 aliphatic carbocycles. The second-order valence-corrected chi connectivity index (χ2v) is 6.29. The molecule has 0 aliphatic heterocycles. The minimum atomic E-state index is 0.908. The maximum absolute atomic E-state index is 4.64. The maximum atomic E-state index is 4.64. The molecule has 0 saturated carbocycles. The summed E-state index contributed by atoms with van der Waals surface area (Å²) in [6.45, 7) is 0.908. The van der Waals surface area contributed by atoms with Gasteiger partial charge < -0.3 is 5.32 Å². The molecule has 0 aliphatic rings. The van der Waals surface area contributed by atoms with E-state index in [4.69, 9.17) is 0 Å². The van der Waals surface area contributed by atoms with Crippen molar-refractivity contribution >= 4 is 43.2 Å². The number of rotatable bonds is 4. The summed E-state index contributed by atoms with van der Waals surface area (Å²) >= 11 is 5.26. The van der Waals surface area contributed by atoms with Gasteiger partial charge in [-0.2, -0.15) is 0 Å². The Labute approximate surface area is 124 Å². The zero-order valence-corrected chi connectivity index (χ0v) is 12.7. The molecule has 19 heavy (non-hydrogen) atoms. The van der Waals surface area contributed by atoms with Gasteiger partial charge in [-0.3, -0.25) is 0 Å². The fourth-order valence-corrected chi connectivity index (χ4v) is 3.44. The van der Waals surface area contributed by atoms with Gasteiger partial charge in [0, 0.05) is 23.1 Å². The lowest BCUT2D eigenvalue weighted by Crippen LogP contribution is -2.04. The van der Waals surface area contributed by atoms with Crippen LogP contribution >= 0.6 is 27.3 Å². The van der Waals surface area contributed by atoms with Crippen LogP contribution in [-0.4, -0.2) is 11.5 Å². The molecule has 0 atom stereocenters. The number of fused-ring (bicyclic) bond motifs is 1. The molecular formula is C15H13BrN2S. The quantitative estimate of drug-likeness (QED) is 0.748. The highest BCUT2D eigenvalue weighted by molar-refractivity contribution is 9.10. The monoisotopic (exact) mass is 332 g/mol. The van der Waals surface area contributed by atoms with Gasteiger partial charge >= 0.3 is 0 Å². The largest absolute Gasteiger partial charge is 0.385 e. The molecule has 0 saturated heterocycles. The summed E-state index contributed by atoms with van der Waals surface area (Å²) in [7, 11) is 0. The number of nitrogens with zero attached hydrogens (tertiary/aromatic N) is 1. The highest BCUT2D eigenvalue weighted by atomic mass is 79.9. The zero-order valence-electron chi connectivity index (χ0n) is 10.3. The summed E-state index contributed by atoms with van der Waals surface area (Å²) in [5.41, 5.74) is 2.24. The molecule has 0 fully saturated rings. The van der Waals surface area contributed by atoms with E-state index in [9.17, 15) is 0 Å². The predicted octanol–water partition coefficient (Wildman–Crippen LogP) is 4.71. The van der Waals surface area contributed by atoms with Gasteiger partial charge in [0.25, 0.3) is 0 Å². The molecule has 0 spiro atoms. The smallest absolute Gasteiger partial charge is 0.0956 e. The molecule has 0 amide bonds. The Bertz CT molecular complexity index is 679. The number of anilines is 1. The minimum absolute atomic E-state index is 0.908. The maximum Gasteiger partial charge on any atom is 0.0956 e. The molecule has 3 aromatic rings. The van der Waals surface area contributed by atoms with Crippen molar-refractivity contribution in [2.24, 2.45) is 0 Å². The van der Waals surface area contributed by atoms with E-state index >= 15 is 0 Å². The third kappa shape index (κ3) is 3.14. The van der Waals surface area contributed by atoms with Gasteiger partial charge in [0.05, 0.1) is 15.2 Å². The fourth-order valence-electron chi connectivity index (χ4n) is 1.92. The minimum Gasteiger partial charge on any atom is -0.385 e. The molecule has 3 rings (SSSR count). The van der Waals surface area contributed by atoms with Gasteiger partial charge in [-0.15, -0.1) is 11.3 Å². The zero-order chi connectivity index (χ0) is 13.1. The molecule has 96 valence electrons. The molecule has 0 radical (unpaired) electrons. The standard InChI is InChI=1S/C15H13BrN2S/c16-11-6-7-13-14(10-11)19-15(18-13)8-9-17-12-4-2-1-3-5-12/h1-7,10,17H,8-9H2. The molecule has 2 nitrogen and oxygen atoms in total. The van der Waals surface area contributed by atoms with Crippen LogP contribution < -0.4 is 5.32 Å². The van der Waals surface area contributed by atoms with Crippen molar-refractivity contribution in [3.63, 3.8) is 0 Å². The van der Waals surface area contributed by atoms with E-state index in [0.29, 0.717) is 0 Å². The number of benzene rings is 2. The number of halogens is 1. The van der Waals surface area contributed by atoms with E-state index in [1.54, 1.807) is 11.3 Å². The Hall–Kier alpha value is -1.39. The lowest BCUT2D eigenvalue weighted by atomic mass is 10.3. The van der Waals surface area contributed by atoms with Crippen LogP contribution in [0.2, 0.25) is 0 Å². The average Bonchev–Trinajstić information content (AvgIpc) is 2.82. The summed E-state index contributed by atoms with van der Waals surface area (Å²) < 4.78 is 2.35. The van der Waals surface area contributed by atoms with Crippen LogP contribution in [0.5, 0.6) is 0 Å². The van der Waals surface area contributed by atoms with E-state index in [1.807, 2.05) is 24.3 Å². The Morgan fingerprint density at radius 1 is 1.11 bits per heavy atom. The topological polar surface area (TPSA) is 24.9 Å². The van der Waals surface area contributed by atoms with E-state index in [1.165, 1.54) is 9.71 Å². The molecule has 0 unspecified atom stereocenters. The summed E-state index contributed by atoms with van der Waals surface area (Å²) in [4.78, 5) is 4.64. The first kappa shape index (κ1) is 12.6. The highest BCUT2D eigenvalue weighted by Gasteiger charge is 2.03. The fraction of sp³-hybridized carbons (Fsp3) is 0.133. The lowest BCUT2D eigenvalue weighted by molar-refractivity contribution is 1.00. The van der Waals surface area contributed by atoms with Crippen molar-refractivity contribution in [3.8, 4) is 0 Å². The summed E-state index contributed by atoms with van der Waals surface area (Å²) in [6.07, 6.45) is 0.950. The SMILES string of the molecule is Brc1ccc2nc(CCNc3ccccc3)sc2c1. The van der Waals surface area contributed by atoms with Crippen LogP contribution in [0.4, 0.5) is 5.69 Å². The summed E-state index contributed by atoms with van der Waals surface area (Å²) in [6, 6.07) is 16.5. The van der Waals surface area contributed by atoms with Gasteiger partial charge in [-0.1, -0.05) is 34.1 Å². The Kier molecular flexibility index (Phi) is 3.80. The van der Waals surface area contributed by atoms with Crippen LogP contribution in [0, 0.1) is 0 Å². The van der Waals surface area contributed by atoms with Crippen molar-refractivity contribution in [2.45, 2.75) is 6.42 Å². The van der Waals surface area contributed by atoms with Gasteiger partial charge in [0.1, 0.15) is 0 Å². The van der Waals surface area contributed by atoms with Crippen LogP contribution in [0.3, 0.4) is 0 Å². The number of hydrogen-bond acceptors (Lipinski definition) is 3. The molecule has 0 bridgehead atoms. The normalized spacial score (nSPS) is 10.8. The highest BCUT2D eigenvalue weighted by Crippen LogP contribution is 2.25. The molecular weight excluding hydrogens is 320 g/mol. The summed E-state index contributed by atoms with van der Waals surface area (Å²) in [5.74, 6) is 0. The van der Waals surface area contributed by atoms with Gasteiger partial charge in [0.15, 0.2) is 0 Å². The molecule has 1 aromatic heterocycles. The van der Waals surface area contributed by atoms with Gasteiger partial charge in [-0.25, -0.2) is 4.98 Å². The predicted molar refractivity (Wildman–Crippen MR) is 86.0 cm³/mol.